The zero-order valence-electron chi connectivity index (χ0n) is 37.2. The third kappa shape index (κ3) is 37.8. The third-order valence-electron chi connectivity index (χ3n) is 9.40. The van der Waals surface area contributed by atoms with Crippen molar-refractivity contribution in [2.75, 3.05) is 41.0 Å². The smallest absolute Gasteiger partial charge is 0.306 e. The number of hydrogen-bond donors (Lipinski definition) is 0. The van der Waals surface area contributed by atoms with E-state index in [1.807, 2.05) is 72.9 Å². The number of quaternary nitrogens is 1. The van der Waals surface area contributed by atoms with E-state index >= 15 is 0 Å². The van der Waals surface area contributed by atoms with E-state index in [9.17, 15) is 19.5 Å². The van der Waals surface area contributed by atoms with Gasteiger partial charge in [-0.25, -0.2) is 0 Å². The van der Waals surface area contributed by atoms with Crippen LogP contribution in [0, 0.1) is 0 Å². The highest BCUT2D eigenvalue weighted by atomic mass is 16.6. The molecular weight excluding hydrogens is 727 g/mol. The molecule has 0 aliphatic heterocycles. The Morgan fingerprint density at radius 3 is 1.50 bits per heavy atom. The molecule has 0 bridgehead atoms. The van der Waals surface area contributed by atoms with Gasteiger partial charge in [-0.3, -0.25) is 9.59 Å². The molecule has 0 aromatic carbocycles. The Bertz CT molecular complexity index is 1260. The second-order valence-corrected chi connectivity index (χ2v) is 15.7. The van der Waals surface area contributed by atoms with Crippen molar-refractivity contribution in [2.45, 2.75) is 161 Å². The van der Waals surface area contributed by atoms with Crippen LogP contribution < -0.4 is 5.11 Å². The maximum absolute atomic E-state index is 12.7. The lowest BCUT2D eigenvalue weighted by Gasteiger charge is -2.34. The molecule has 8 heteroatoms. The molecule has 0 aliphatic rings. The molecule has 2 atom stereocenters. The van der Waals surface area contributed by atoms with Gasteiger partial charge in [0.1, 0.15) is 12.6 Å². The minimum atomic E-state index is -1.14. The van der Waals surface area contributed by atoms with E-state index in [1.54, 1.807) is 21.1 Å². The number of hydrogen-bond acceptors (Lipinski definition) is 7. The van der Waals surface area contributed by atoms with Crippen LogP contribution >= 0.6 is 0 Å². The molecule has 0 aliphatic carbocycles. The van der Waals surface area contributed by atoms with Crippen molar-refractivity contribution in [2.24, 2.45) is 0 Å². The summed E-state index contributed by atoms with van der Waals surface area (Å²) in [5.41, 5.74) is 0. The van der Waals surface area contributed by atoms with E-state index in [0.29, 0.717) is 12.8 Å². The maximum Gasteiger partial charge on any atom is 0.306 e. The third-order valence-corrected chi connectivity index (χ3v) is 9.40. The van der Waals surface area contributed by atoms with E-state index in [2.05, 4.69) is 38.2 Å². The molecule has 0 aromatic rings. The van der Waals surface area contributed by atoms with Gasteiger partial charge in [0.05, 0.1) is 40.3 Å². The van der Waals surface area contributed by atoms with Gasteiger partial charge in [-0.05, 0) is 57.8 Å². The summed E-state index contributed by atoms with van der Waals surface area (Å²) in [6, 6.07) is -0.741. The molecular formula is C50H81NO7. The van der Waals surface area contributed by atoms with Gasteiger partial charge in [0.15, 0.2) is 6.10 Å². The number of aliphatic carboxylic acids is 1. The van der Waals surface area contributed by atoms with Gasteiger partial charge in [0.2, 0.25) is 0 Å². The topological polar surface area (TPSA) is 102 Å². The highest BCUT2D eigenvalue weighted by Gasteiger charge is 2.25. The van der Waals surface area contributed by atoms with Gasteiger partial charge in [0.25, 0.3) is 0 Å². The summed E-state index contributed by atoms with van der Waals surface area (Å²) in [5.74, 6) is -1.81. The van der Waals surface area contributed by atoms with Gasteiger partial charge >= 0.3 is 11.9 Å². The first-order chi connectivity index (χ1) is 28.1. The number of unbranched alkanes of at least 4 members (excludes halogenated alkanes) is 14. The van der Waals surface area contributed by atoms with E-state index < -0.39 is 18.1 Å². The number of carboxylic acids is 1. The summed E-state index contributed by atoms with van der Waals surface area (Å²) in [4.78, 5) is 36.9. The zero-order chi connectivity index (χ0) is 42.8. The van der Waals surface area contributed by atoms with Crippen molar-refractivity contribution in [3.8, 4) is 0 Å². The average Bonchev–Trinajstić information content (AvgIpc) is 3.18. The number of rotatable bonds is 38. The first-order valence-corrected chi connectivity index (χ1v) is 22.4. The Labute approximate surface area is 354 Å². The quantitative estimate of drug-likeness (QED) is 0.0201. The molecule has 0 N–H and O–H groups in total. The van der Waals surface area contributed by atoms with Gasteiger partial charge in [0, 0.05) is 19.3 Å². The Kier molecular flexibility index (Phi) is 37.5. The second kappa shape index (κ2) is 40.0. The second-order valence-electron chi connectivity index (χ2n) is 15.7. The molecule has 8 nitrogen and oxygen atoms in total. The van der Waals surface area contributed by atoms with Gasteiger partial charge in [-0.2, -0.15) is 0 Å². The average molecular weight is 808 g/mol. The predicted molar refractivity (Wildman–Crippen MR) is 240 cm³/mol. The molecule has 0 rings (SSSR count). The first kappa shape index (κ1) is 54.2. The summed E-state index contributed by atoms with van der Waals surface area (Å²) in [5, 5.41) is 11.6. The molecule has 0 aromatic heterocycles. The van der Waals surface area contributed by atoms with Gasteiger partial charge in [-0.1, -0.05) is 169 Å². The zero-order valence-corrected chi connectivity index (χ0v) is 37.2. The number of likely N-dealkylation sites (N-methyl/N-ethyl adjacent to an activating group) is 1. The van der Waals surface area contributed by atoms with Gasteiger partial charge in [-0.15, -0.1) is 0 Å². The molecule has 0 saturated heterocycles. The van der Waals surface area contributed by atoms with E-state index in [1.165, 1.54) is 64.2 Å². The Morgan fingerprint density at radius 1 is 0.534 bits per heavy atom. The maximum atomic E-state index is 12.7. The number of carbonyl (C=O) groups excluding carboxylic acids is 3. The Morgan fingerprint density at radius 2 is 0.983 bits per heavy atom. The molecule has 0 amide bonds. The minimum absolute atomic E-state index is 0.0142. The number of carbonyl (C=O) groups is 3. The normalized spacial score (nSPS) is 13.9. The molecule has 0 fully saturated rings. The van der Waals surface area contributed by atoms with E-state index in [4.69, 9.17) is 14.2 Å². The fraction of sp³-hybridized carbons (Fsp3) is 0.620. The van der Waals surface area contributed by atoms with Crippen LogP contribution in [0.4, 0.5) is 0 Å². The highest BCUT2D eigenvalue weighted by Crippen LogP contribution is 2.13. The van der Waals surface area contributed by atoms with Crippen LogP contribution in [0.2, 0.25) is 0 Å². The highest BCUT2D eigenvalue weighted by molar-refractivity contribution is 5.70. The molecule has 328 valence electrons. The Hall–Kier alpha value is -3.75. The fourth-order valence-corrected chi connectivity index (χ4v) is 5.93. The van der Waals surface area contributed by atoms with Crippen molar-refractivity contribution in [1.82, 2.24) is 0 Å². The van der Waals surface area contributed by atoms with Crippen LogP contribution in [0.25, 0.3) is 0 Å². The van der Waals surface area contributed by atoms with Crippen molar-refractivity contribution >= 4 is 17.9 Å². The predicted octanol–water partition coefficient (Wildman–Crippen LogP) is 11.0. The van der Waals surface area contributed by atoms with Crippen molar-refractivity contribution < 1.29 is 38.2 Å². The van der Waals surface area contributed by atoms with E-state index in [0.717, 1.165) is 44.9 Å². The van der Waals surface area contributed by atoms with Crippen molar-refractivity contribution in [3.63, 3.8) is 0 Å². The number of carboxylic acid groups (broad SMARTS) is 1. The number of nitrogens with zero attached hydrogens (tertiary/aromatic N) is 1. The summed E-state index contributed by atoms with van der Waals surface area (Å²) >= 11 is 0. The summed E-state index contributed by atoms with van der Waals surface area (Å²) in [6.45, 7) is 4.43. The standard InChI is InChI=1S/C50H81NO7/c1-6-8-10-12-14-16-18-20-22-23-24-25-27-29-31-33-35-37-39-41-49(53)58-46(44-56-43-42-47(50(54)55)51(3,4)5)45-57-48(52)40-38-36-34-32-30-28-26-21-19-17-15-13-11-9-7-2/h8,10,12,14,16-20,22-25,27,29,31,46-47H,6-7,9,11,13,15,21,26,28,30,32-45H2,1-5H3/b10-8+,14-12+,18-16+,19-17+,22-20+,24-23+,27-25+,31-29+. The minimum Gasteiger partial charge on any atom is -0.544 e. The molecule has 58 heavy (non-hydrogen) atoms. The van der Waals surface area contributed by atoms with Crippen LogP contribution in [0.3, 0.4) is 0 Å². The monoisotopic (exact) mass is 808 g/mol. The molecule has 0 spiro atoms. The van der Waals surface area contributed by atoms with Crippen molar-refractivity contribution in [3.05, 3.63) is 97.2 Å². The first-order valence-electron chi connectivity index (χ1n) is 22.4. The molecule has 0 saturated carbocycles. The Balaban J connectivity index is 4.49. The summed E-state index contributed by atoms with van der Waals surface area (Å²) < 4.78 is 17.1. The molecule has 0 radical (unpaired) electrons. The van der Waals surface area contributed by atoms with Crippen LogP contribution in [0.15, 0.2) is 97.2 Å². The van der Waals surface area contributed by atoms with Gasteiger partial charge < -0.3 is 28.6 Å². The molecule has 0 heterocycles. The van der Waals surface area contributed by atoms with E-state index in [-0.39, 0.29) is 49.1 Å². The van der Waals surface area contributed by atoms with Crippen LogP contribution in [0.5, 0.6) is 0 Å². The van der Waals surface area contributed by atoms with Crippen molar-refractivity contribution in [1.29, 1.82) is 0 Å². The lowest BCUT2D eigenvalue weighted by molar-refractivity contribution is -0.889. The van der Waals surface area contributed by atoms with Crippen LogP contribution in [0.1, 0.15) is 149 Å². The molecule has 2 unspecified atom stereocenters. The number of ether oxygens (including phenoxy) is 3. The lowest BCUT2D eigenvalue weighted by Crippen LogP contribution is -2.55. The summed E-state index contributed by atoms with van der Waals surface area (Å²) in [6.07, 6.45) is 52.8. The lowest BCUT2D eigenvalue weighted by atomic mass is 10.1. The van der Waals surface area contributed by atoms with Crippen LogP contribution in [-0.4, -0.2) is 75.5 Å². The largest absolute Gasteiger partial charge is 0.544 e. The number of esters is 2. The summed E-state index contributed by atoms with van der Waals surface area (Å²) in [7, 11) is 5.38. The fourth-order valence-electron chi connectivity index (χ4n) is 5.93. The SMILES string of the molecule is CC/C=C/C=C/C=C/C=C/C=C/C=C/C=C/CCCCCC(=O)OC(COCCC(C(=O)[O-])[N+](C)(C)C)COC(=O)CCCCCCCCC/C=C/CCCCCC. The number of allylic oxidation sites excluding steroid dienone is 16. The van der Waals surface area contributed by atoms with Crippen LogP contribution in [-0.2, 0) is 28.6 Å².